The SMILES string of the molecule is CN1CCCC1CC(CN)C(F)F. The molecule has 2 N–H and O–H groups in total. The van der Waals surface area contributed by atoms with Crippen molar-refractivity contribution in [3.63, 3.8) is 0 Å². The molecule has 0 bridgehead atoms. The molecule has 2 nitrogen and oxygen atoms in total. The third-order valence-electron chi connectivity index (χ3n) is 2.91. The molecule has 1 fully saturated rings. The fourth-order valence-corrected chi connectivity index (χ4v) is 1.93. The van der Waals surface area contributed by atoms with E-state index in [1.807, 2.05) is 7.05 Å². The van der Waals surface area contributed by atoms with Gasteiger partial charge in [-0.3, -0.25) is 0 Å². The van der Waals surface area contributed by atoms with Crippen molar-refractivity contribution in [1.29, 1.82) is 0 Å². The van der Waals surface area contributed by atoms with Gasteiger partial charge in [0.2, 0.25) is 6.43 Å². The van der Waals surface area contributed by atoms with Crippen LogP contribution in [0.5, 0.6) is 0 Å². The van der Waals surface area contributed by atoms with Crippen LogP contribution in [-0.2, 0) is 0 Å². The first-order chi connectivity index (χ1) is 6.15. The minimum absolute atomic E-state index is 0.0992. The predicted octanol–water partition coefficient (Wildman–Crippen LogP) is 1.31. The van der Waals surface area contributed by atoms with E-state index in [1.54, 1.807) is 0 Å². The van der Waals surface area contributed by atoms with Gasteiger partial charge in [0.1, 0.15) is 0 Å². The van der Waals surface area contributed by atoms with Crippen LogP contribution < -0.4 is 5.73 Å². The average Bonchev–Trinajstić information content (AvgIpc) is 2.46. The molecule has 13 heavy (non-hydrogen) atoms. The minimum Gasteiger partial charge on any atom is -0.330 e. The Kier molecular flexibility index (Phi) is 4.06. The Hall–Kier alpha value is -0.220. The second kappa shape index (κ2) is 4.86. The summed E-state index contributed by atoms with van der Waals surface area (Å²) >= 11 is 0. The summed E-state index contributed by atoms with van der Waals surface area (Å²) in [6.07, 6.45) is 0.450. The number of hydrogen-bond donors (Lipinski definition) is 1. The highest BCUT2D eigenvalue weighted by Gasteiger charge is 2.27. The maximum Gasteiger partial charge on any atom is 0.242 e. The van der Waals surface area contributed by atoms with Gasteiger partial charge in [0, 0.05) is 18.5 Å². The number of alkyl halides is 2. The lowest BCUT2D eigenvalue weighted by Crippen LogP contribution is -2.32. The van der Waals surface area contributed by atoms with Gasteiger partial charge >= 0.3 is 0 Å². The molecule has 0 aromatic rings. The molecule has 1 heterocycles. The van der Waals surface area contributed by atoms with E-state index in [0.29, 0.717) is 12.5 Å². The van der Waals surface area contributed by atoms with E-state index in [0.717, 1.165) is 19.4 Å². The number of nitrogens with zero attached hydrogens (tertiary/aromatic N) is 1. The van der Waals surface area contributed by atoms with Crippen LogP contribution in [0.15, 0.2) is 0 Å². The molecule has 0 aromatic carbocycles. The fraction of sp³-hybridized carbons (Fsp3) is 1.00. The Bertz CT molecular complexity index is 153. The lowest BCUT2D eigenvalue weighted by molar-refractivity contribution is 0.0635. The monoisotopic (exact) mass is 192 g/mol. The second-order valence-corrected chi connectivity index (χ2v) is 3.84. The van der Waals surface area contributed by atoms with Crippen molar-refractivity contribution in [2.45, 2.75) is 31.7 Å². The molecule has 0 spiro atoms. The Balaban J connectivity index is 2.36. The van der Waals surface area contributed by atoms with E-state index in [4.69, 9.17) is 5.73 Å². The van der Waals surface area contributed by atoms with Gasteiger partial charge in [-0.2, -0.15) is 0 Å². The summed E-state index contributed by atoms with van der Waals surface area (Å²) in [5.41, 5.74) is 5.30. The van der Waals surface area contributed by atoms with Crippen LogP contribution in [0.1, 0.15) is 19.3 Å². The van der Waals surface area contributed by atoms with E-state index < -0.39 is 12.3 Å². The van der Waals surface area contributed by atoms with Gasteiger partial charge in [-0.25, -0.2) is 8.78 Å². The summed E-state index contributed by atoms with van der Waals surface area (Å²) in [5.74, 6) is -0.620. The second-order valence-electron chi connectivity index (χ2n) is 3.84. The van der Waals surface area contributed by atoms with Crippen molar-refractivity contribution in [3.8, 4) is 0 Å². The first-order valence-corrected chi connectivity index (χ1v) is 4.83. The Morgan fingerprint density at radius 2 is 2.23 bits per heavy atom. The van der Waals surface area contributed by atoms with Crippen LogP contribution in [-0.4, -0.2) is 37.5 Å². The van der Waals surface area contributed by atoms with Crippen molar-refractivity contribution >= 4 is 0 Å². The van der Waals surface area contributed by atoms with Gasteiger partial charge in [0.05, 0.1) is 0 Å². The molecular formula is C9H18F2N2. The quantitative estimate of drug-likeness (QED) is 0.727. The first-order valence-electron chi connectivity index (χ1n) is 4.83. The highest BCUT2D eigenvalue weighted by molar-refractivity contribution is 4.80. The van der Waals surface area contributed by atoms with Crippen molar-refractivity contribution in [2.24, 2.45) is 11.7 Å². The zero-order valence-corrected chi connectivity index (χ0v) is 8.05. The van der Waals surface area contributed by atoms with E-state index in [2.05, 4.69) is 4.90 Å². The number of likely N-dealkylation sites (tertiary alicyclic amines) is 1. The maximum atomic E-state index is 12.4. The van der Waals surface area contributed by atoms with Crippen LogP contribution in [0.3, 0.4) is 0 Å². The third-order valence-corrected chi connectivity index (χ3v) is 2.91. The van der Waals surface area contributed by atoms with Gasteiger partial charge < -0.3 is 10.6 Å². The van der Waals surface area contributed by atoms with Crippen LogP contribution in [0.25, 0.3) is 0 Å². The molecule has 0 aliphatic carbocycles. The summed E-state index contributed by atoms with van der Waals surface area (Å²) in [6.45, 7) is 1.13. The smallest absolute Gasteiger partial charge is 0.242 e. The van der Waals surface area contributed by atoms with E-state index in [1.165, 1.54) is 0 Å². The summed E-state index contributed by atoms with van der Waals surface area (Å²) in [6, 6.07) is 0.322. The molecular weight excluding hydrogens is 174 g/mol. The highest BCUT2D eigenvalue weighted by atomic mass is 19.3. The highest BCUT2D eigenvalue weighted by Crippen LogP contribution is 2.24. The molecule has 78 valence electrons. The zero-order valence-electron chi connectivity index (χ0n) is 8.05. The summed E-state index contributed by atoms with van der Waals surface area (Å²) < 4.78 is 24.8. The lowest BCUT2D eigenvalue weighted by atomic mass is 9.99. The molecule has 1 rings (SSSR count). The maximum absolute atomic E-state index is 12.4. The topological polar surface area (TPSA) is 29.3 Å². The average molecular weight is 192 g/mol. The van der Waals surface area contributed by atoms with Crippen LogP contribution >= 0.6 is 0 Å². The fourth-order valence-electron chi connectivity index (χ4n) is 1.93. The number of rotatable bonds is 4. The Morgan fingerprint density at radius 1 is 1.54 bits per heavy atom. The van der Waals surface area contributed by atoms with Crippen molar-refractivity contribution in [1.82, 2.24) is 4.90 Å². The van der Waals surface area contributed by atoms with E-state index >= 15 is 0 Å². The standard InChI is InChI=1S/C9H18F2N2/c1-13-4-2-3-8(13)5-7(6-12)9(10)11/h7-9H,2-6,12H2,1H3. The van der Waals surface area contributed by atoms with Crippen molar-refractivity contribution < 1.29 is 8.78 Å². The third kappa shape index (κ3) is 2.88. The van der Waals surface area contributed by atoms with E-state index in [-0.39, 0.29) is 6.54 Å². The molecule has 1 saturated heterocycles. The Morgan fingerprint density at radius 3 is 2.62 bits per heavy atom. The molecule has 1 aliphatic heterocycles. The number of hydrogen-bond acceptors (Lipinski definition) is 2. The molecule has 4 heteroatoms. The largest absolute Gasteiger partial charge is 0.330 e. The van der Waals surface area contributed by atoms with Crippen LogP contribution in [0.4, 0.5) is 8.78 Å². The molecule has 0 saturated carbocycles. The van der Waals surface area contributed by atoms with Gasteiger partial charge in [-0.1, -0.05) is 0 Å². The number of nitrogens with two attached hydrogens (primary N) is 1. The summed E-state index contributed by atoms with van der Waals surface area (Å²) in [4.78, 5) is 2.16. The molecule has 0 radical (unpaired) electrons. The van der Waals surface area contributed by atoms with Crippen molar-refractivity contribution in [3.05, 3.63) is 0 Å². The van der Waals surface area contributed by atoms with Gasteiger partial charge in [-0.15, -0.1) is 0 Å². The normalized spacial score (nSPS) is 27.0. The summed E-state index contributed by atoms with van der Waals surface area (Å²) in [5, 5.41) is 0. The number of halogens is 2. The molecule has 1 aliphatic rings. The van der Waals surface area contributed by atoms with Gasteiger partial charge in [0.25, 0.3) is 0 Å². The molecule has 0 amide bonds. The van der Waals surface area contributed by atoms with Crippen LogP contribution in [0.2, 0.25) is 0 Å². The zero-order chi connectivity index (χ0) is 9.84. The Labute approximate surface area is 78.1 Å². The van der Waals surface area contributed by atoms with Gasteiger partial charge in [-0.05, 0) is 32.9 Å². The minimum atomic E-state index is -2.26. The molecule has 2 unspecified atom stereocenters. The van der Waals surface area contributed by atoms with Gasteiger partial charge in [0.15, 0.2) is 0 Å². The van der Waals surface area contributed by atoms with Crippen molar-refractivity contribution in [2.75, 3.05) is 20.1 Å². The predicted molar refractivity (Wildman–Crippen MR) is 48.8 cm³/mol. The summed E-state index contributed by atoms with van der Waals surface area (Å²) in [7, 11) is 2.00. The van der Waals surface area contributed by atoms with E-state index in [9.17, 15) is 8.78 Å². The van der Waals surface area contributed by atoms with Crippen LogP contribution in [0, 0.1) is 5.92 Å². The first kappa shape index (κ1) is 10.9. The molecule has 0 aromatic heterocycles. The molecule has 2 atom stereocenters. The lowest BCUT2D eigenvalue weighted by Gasteiger charge is -2.23.